The minimum Gasteiger partial charge on any atom is -0.480 e. The van der Waals surface area contributed by atoms with Gasteiger partial charge in [0.15, 0.2) is 0 Å². The van der Waals surface area contributed by atoms with Gasteiger partial charge in [-0.25, -0.2) is 4.79 Å². The van der Waals surface area contributed by atoms with Gasteiger partial charge in [0.1, 0.15) is 6.04 Å². The molecule has 0 aromatic heterocycles. The van der Waals surface area contributed by atoms with Crippen LogP contribution in [0.25, 0.3) is 0 Å². The lowest BCUT2D eigenvalue weighted by Gasteiger charge is -2.25. The van der Waals surface area contributed by atoms with E-state index in [-0.39, 0.29) is 11.9 Å². The normalized spacial score (nSPS) is 34.3. The van der Waals surface area contributed by atoms with Gasteiger partial charge in [0.05, 0.1) is 11.9 Å². The number of carboxylic acids is 1. The molecule has 3 unspecified atom stereocenters. The van der Waals surface area contributed by atoms with Crippen LogP contribution in [0.4, 0.5) is 0 Å². The molecule has 2 fully saturated rings. The molecule has 2 heterocycles. The van der Waals surface area contributed by atoms with E-state index in [4.69, 9.17) is 5.11 Å². The molecule has 0 aromatic rings. The zero-order valence-corrected chi connectivity index (χ0v) is 10.00. The minimum atomic E-state index is -0.899. The molecule has 2 N–H and O–H groups in total. The summed E-state index contributed by atoms with van der Waals surface area (Å²) in [6.45, 7) is 2.87. The number of carboxylic acid groups (broad SMARTS) is 1. The van der Waals surface area contributed by atoms with Crippen molar-refractivity contribution in [1.82, 2.24) is 10.2 Å². The standard InChI is InChI=1S/C10H16N2O3S/c1-6-2-3-11-8(6)9(13)12-5-16-4-7(12)10(14)15/h6-8,11H,2-5H2,1H3,(H,14,15). The van der Waals surface area contributed by atoms with Crippen molar-refractivity contribution in [3.8, 4) is 0 Å². The Balaban J connectivity index is 2.06. The molecule has 1 amide bonds. The molecule has 90 valence electrons. The zero-order chi connectivity index (χ0) is 11.7. The maximum absolute atomic E-state index is 12.2. The number of carbonyl (C=O) groups is 2. The number of thioether (sulfide) groups is 1. The van der Waals surface area contributed by atoms with Crippen molar-refractivity contribution in [1.29, 1.82) is 0 Å². The molecule has 0 aliphatic carbocycles. The van der Waals surface area contributed by atoms with Crippen molar-refractivity contribution in [2.75, 3.05) is 18.2 Å². The van der Waals surface area contributed by atoms with Gasteiger partial charge in [0, 0.05) is 5.75 Å². The summed E-state index contributed by atoms with van der Waals surface area (Å²) in [5.41, 5.74) is 0. The van der Waals surface area contributed by atoms with E-state index in [0.717, 1.165) is 13.0 Å². The second kappa shape index (κ2) is 4.63. The zero-order valence-electron chi connectivity index (χ0n) is 9.18. The van der Waals surface area contributed by atoms with Crippen molar-refractivity contribution in [3.63, 3.8) is 0 Å². The molecular formula is C10H16N2O3S. The second-order valence-corrected chi connectivity index (χ2v) is 5.36. The van der Waals surface area contributed by atoms with Crippen molar-refractivity contribution >= 4 is 23.6 Å². The summed E-state index contributed by atoms with van der Waals surface area (Å²) in [7, 11) is 0. The molecule has 3 atom stereocenters. The molecule has 0 bridgehead atoms. The van der Waals surface area contributed by atoms with Gasteiger partial charge in [-0.1, -0.05) is 6.92 Å². The molecule has 2 aliphatic heterocycles. The lowest BCUT2D eigenvalue weighted by molar-refractivity contribution is -0.148. The Hall–Kier alpha value is -0.750. The molecule has 6 heteroatoms. The fourth-order valence-electron chi connectivity index (χ4n) is 2.21. The Morgan fingerprint density at radius 2 is 2.25 bits per heavy atom. The van der Waals surface area contributed by atoms with Crippen LogP contribution in [0.1, 0.15) is 13.3 Å². The number of hydrogen-bond acceptors (Lipinski definition) is 4. The van der Waals surface area contributed by atoms with Crippen LogP contribution in [0.15, 0.2) is 0 Å². The first-order valence-electron chi connectivity index (χ1n) is 5.45. The predicted molar refractivity (Wildman–Crippen MR) is 61.2 cm³/mol. The topological polar surface area (TPSA) is 69.6 Å². The molecule has 5 nitrogen and oxygen atoms in total. The summed E-state index contributed by atoms with van der Waals surface area (Å²) in [5, 5.41) is 12.2. The van der Waals surface area contributed by atoms with Crippen LogP contribution in [0.2, 0.25) is 0 Å². The molecule has 2 saturated heterocycles. The Labute approximate surface area is 98.6 Å². The van der Waals surface area contributed by atoms with E-state index in [9.17, 15) is 9.59 Å². The number of aliphatic carboxylic acids is 1. The smallest absolute Gasteiger partial charge is 0.327 e. The van der Waals surface area contributed by atoms with Crippen LogP contribution in [-0.2, 0) is 9.59 Å². The third-order valence-corrected chi connectivity index (χ3v) is 4.26. The third kappa shape index (κ3) is 2.04. The number of nitrogens with one attached hydrogen (secondary N) is 1. The van der Waals surface area contributed by atoms with E-state index in [1.807, 2.05) is 6.92 Å². The van der Waals surface area contributed by atoms with Crippen LogP contribution in [0.3, 0.4) is 0 Å². The number of carbonyl (C=O) groups excluding carboxylic acids is 1. The molecular weight excluding hydrogens is 228 g/mol. The first-order valence-corrected chi connectivity index (χ1v) is 6.61. The number of nitrogens with zero attached hydrogens (tertiary/aromatic N) is 1. The molecule has 0 radical (unpaired) electrons. The predicted octanol–water partition coefficient (Wildman–Crippen LogP) is -0.0295. The van der Waals surface area contributed by atoms with Crippen LogP contribution >= 0.6 is 11.8 Å². The Bertz CT molecular complexity index is 310. The van der Waals surface area contributed by atoms with Crippen molar-refractivity contribution in [2.45, 2.75) is 25.4 Å². The average Bonchev–Trinajstić information content (AvgIpc) is 2.84. The van der Waals surface area contributed by atoms with Gasteiger partial charge in [-0.3, -0.25) is 4.79 Å². The van der Waals surface area contributed by atoms with E-state index in [1.165, 1.54) is 16.7 Å². The average molecular weight is 244 g/mol. The Morgan fingerprint density at radius 3 is 2.81 bits per heavy atom. The SMILES string of the molecule is CC1CCNC1C(=O)N1CSCC1C(=O)O. The summed E-state index contributed by atoms with van der Waals surface area (Å²) >= 11 is 1.50. The summed E-state index contributed by atoms with van der Waals surface area (Å²) < 4.78 is 0. The van der Waals surface area contributed by atoms with Crippen molar-refractivity contribution in [3.05, 3.63) is 0 Å². The Morgan fingerprint density at radius 1 is 1.50 bits per heavy atom. The second-order valence-electron chi connectivity index (χ2n) is 4.36. The maximum atomic E-state index is 12.2. The van der Waals surface area contributed by atoms with Gasteiger partial charge >= 0.3 is 5.97 Å². The molecule has 2 rings (SSSR count). The van der Waals surface area contributed by atoms with E-state index in [0.29, 0.717) is 17.5 Å². The van der Waals surface area contributed by atoms with Gasteiger partial charge in [-0.05, 0) is 18.9 Å². The highest BCUT2D eigenvalue weighted by Gasteiger charge is 2.40. The molecule has 0 saturated carbocycles. The quantitative estimate of drug-likeness (QED) is 0.714. The van der Waals surface area contributed by atoms with E-state index in [2.05, 4.69) is 5.32 Å². The summed E-state index contributed by atoms with van der Waals surface area (Å²) in [6.07, 6.45) is 0.981. The minimum absolute atomic E-state index is 0.0533. The summed E-state index contributed by atoms with van der Waals surface area (Å²) in [5.74, 6) is 0.349. The number of amides is 1. The fraction of sp³-hybridized carbons (Fsp3) is 0.800. The summed E-state index contributed by atoms with van der Waals surface area (Å²) in [4.78, 5) is 24.6. The van der Waals surface area contributed by atoms with E-state index < -0.39 is 12.0 Å². The van der Waals surface area contributed by atoms with Gasteiger partial charge in [-0.15, -0.1) is 11.8 Å². The maximum Gasteiger partial charge on any atom is 0.327 e. The lowest BCUT2D eigenvalue weighted by atomic mass is 10.0. The van der Waals surface area contributed by atoms with Crippen LogP contribution < -0.4 is 5.32 Å². The van der Waals surface area contributed by atoms with Gasteiger partial charge in [-0.2, -0.15) is 0 Å². The van der Waals surface area contributed by atoms with Crippen LogP contribution in [0.5, 0.6) is 0 Å². The van der Waals surface area contributed by atoms with Gasteiger partial charge in [0.2, 0.25) is 5.91 Å². The molecule has 0 aromatic carbocycles. The molecule has 0 spiro atoms. The first kappa shape index (κ1) is 11.7. The highest BCUT2D eigenvalue weighted by Crippen LogP contribution is 2.25. The molecule has 16 heavy (non-hydrogen) atoms. The highest BCUT2D eigenvalue weighted by molar-refractivity contribution is 7.99. The van der Waals surface area contributed by atoms with Crippen LogP contribution in [0, 0.1) is 5.92 Å². The number of rotatable bonds is 2. The first-order chi connectivity index (χ1) is 7.61. The van der Waals surface area contributed by atoms with E-state index in [1.54, 1.807) is 0 Å². The molecule has 2 aliphatic rings. The van der Waals surface area contributed by atoms with Crippen molar-refractivity contribution < 1.29 is 14.7 Å². The van der Waals surface area contributed by atoms with Crippen molar-refractivity contribution in [2.24, 2.45) is 5.92 Å². The monoisotopic (exact) mass is 244 g/mol. The van der Waals surface area contributed by atoms with Gasteiger partial charge < -0.3 is 15.3 Å². The fourth-order valence-corrected chi connectivity index (χ4v) is 3.36. The largest absolute Gasteiger partial charge is 0.480 e. The van der Waals surface area contributed by atoms with Gasteiger partial charge in [0.25, 0.3) is 0 Å². The Kier molecular flexibility index (Phi) is 3.39. The third-order valence-electron chi connectivity index (χ3n) is 3.25. The highest BCUT2D eigenvalue weighted by atomic mass is 32.2. The number of hydrogen-bond donors (Lipinski definition) is 2. The lowest BCUT2D eigenvalue weighted by Crippen LogP contribution is -2.50. The summed E-state index contributed by atoms with van der Waals surface area (Å²) in [6, 6.07) is -0.840. The van der Waals surface area contributed by atoms with E-state index >= 15 is 0 Å². The van der Waals surface area contributed by atoms with Crippen LogP contribution in [-0.4, -0.2) is 52.1 Å².